The molecule has 0 bridgehead atoms. The van der Waals surface area contributed by atoms with Gasteiger partial charge in [-0.1, -0.05) is 63.1 Å². The summed E-state index contributed by atoms with van der Waals surface area (Å²) in [4.78, 5) is 49.1. The summed E-state index contributed by atoms with van der Waals surface area (Å²) in [6, 6.07) is 15.0. The highest BCUT2D eigenvalue weighted by Gasteiger charge is 2.35. The van der Waals surface area contributed by atoms with Crippen LogP contribution in [0, 0.1) is 19.8 Å². The van der Waals surface area contributed by atoms with Gasteiger partial charge in [-0.3, -0.25) is 14.5 Å². The molecule has 244 valence electrons. The predicted octanol–water partition coefficient (Wildman–Crippen LogP) is 6.00. The number of nitrogens with zero attached hydrogens (tertiary/aromatic N) is 4. The van der Waals surface area contributed by atoms with Crippen molar-refractivity contribution in [1.29, 1.82) is 0 Å². The highest BCUT2D eigenvalue weighted by molar-refractivity contribution is 5.92. The molecule has 8 heteroatoms. The second-order valence-corrected chi connectivity index (χ2v) is 13.4. The number of carbonyl (C=O) groups excluding carboxylic acids is 3. The minimum atomic E-state index is -0.379. The van der Waals surface area contributed by atoms with E-state index in [0.29, 0.717) is 32.1 Å². The molecule has 1 unspecified atom stereocenters. The van der Waals surface area contributed by atoms with Crippen LogP contribution in [0.1, 0.15) is 81.0 Å². The Kier molecular flexibility index (Phi) is 11.2. The molecule has 3 aliphatic rings. The Morgan fingerprint density at radius 1 is 0.867 bits per heavy atom. The van der Waals surface area contributed by atoms with Gasteiger partial charge in [0.25, 0.3) is 0 Å². The first-order valence-corrected chi connectivity index (χ1v) is 17.3. The lowest BCUT2D eigenvalue weighted by molar-refractivity contribution is -0.143. The summed E-state index contributed by atoms with van der Waals surface area (Å²) < 4.78 is 0. The number of rotatable bonds is 11. The van der Waals surface area contributed by atoms with Crippen molar-refractivity contribution in [3.05, 3.63) is 64.7 Å². The maximum Gasteiger partial charge on any atom is 0.322 e. The summed E-state index contributed by atoms with van der Waals surface area (Å²) in [5.74, 6) is -0.216. The van der Waals surface area contributed by atoms with Gasteiger partial charge in [0.2, 0.25) is 11.8 Å². The van der Waals surface area contributed by atoms with Crippen LogP contribution in [0.5, 0.6) is 0 Å². The number of amides is 4. The zero-order chi connectivity index (χ0) is 31.9. The van der Waals surface area contributed by atoms with E-state index in [1.54, 1.807) is 0 Å². The molecule has 45 heavy (non-hydrogen) atoms. The average Bonchev–Trinajstić information content (AvgIpc) is 3.05. The van der Waals surface area contributed by atoms with E-state index < -0.39 is 0 Å². The summed E-state index contributed by atoms with van der Waals surface area (Å²) >= 11 is 0. The van der Waals surface area contributed by atoms with Crippen LogP contribution < -0.4 is 5.32 Å². The van der Waals surface area contributed by atoms with Gasteiger partial charge in [0.1, 0.15) is 0 Å². The van der Waals surface area contributed by atoms with Crippen LogP contribution in [0.2, 0.25) is 0 Å². The van der Waals surface area contributed by atoms with E-state index in [4.69, 9.17) is 0 Å². The zero-order valence-corrected chi connectivity index (χ0v) is 27.9. The van der Waals surface area contributed by atoms with Crippen molar-refractivity contribution in [1.82, 2.24) is 19.6 Å². The normalized spacial score (nSPS) is 18.6. The Labute approximate surface area is 270 Å². The summed E-state index contributed by atoms with van der Waals surface area (Å²) in [6.07, 6.45) is 7.06. The number of urea groups is 1. The lowest BCUT2D eigenvalue weighted by Gasteiger charge is -2.41. The molecule has 2 fully saturated rings. The van der Waals surface area contributed by atoms with E-state index in [-0.39, 0.29) is 36.2 Å². The van der Waals surface area contributed by atoms with Crippen molar-refractivity contribution in [3.63, 3.8) is 0 Å². The van der Waals surface area contributed by atoms with Crippen LogP contribution >= 0.6 is 0 Å². The third-order valence-electron chi connectivity index (χ3n) is 10.3. The largest absolute Gasteiger partial charge is 0.343 e. The van der Waals surface area contributed by atoms with Gasteiger partial charge in [-0.15, -0.1) is 0 Å². The van der Waals surface area contributed by atoms with Crippen LogP contribution in [-0.2, 0) is 22.6 Å². The quantitative estimate of drug-likeness (QED) is 0.336. The maximum absolute atomic E-state index is 14.1. The van der Waals surface area contributed by atoms with Gasteiger partial charge in [-0.05, 0) is 74.3 Å². The third-order valence-corrected chi connectivity index (χ3v) is 10.3. The number of fused-ring (bicyclic) bond motifs is 1. The lowest BCUT2D eigenvalue weighted by atomic mass is 9.91. The van der Waals surface area contributed by atoms with Gasteiger partial charge in [0.05, 0.1) is 5.92 Å². The number of hydrogen-bond donors (Lipinski definition) is 1. The van der Waals surface area contributed by atoms with Gasteiger partial charge in [-0.2, -0.15) is 0 Å². The highest BCUT2D eigenvalue weighted by atomic mass is 16.2. The fourth-order valence-electron chi connectivity index (χ4n) is 7.49. The van der Waals surface area contributed by atoms with Gasteiger partial charge in [0, 0.05) is 70.0 Å². The third kappa shape index (κ3) is 8.07. The van der Waals surface area contributed by atoms with Crippen molar-refractivity contribution in [3.8, 4) is 0 Å². The van der Waals surface area contributed by atoms with E-state index in [1.807, 2.05) is 32.9 Å². The molecule has 0 spiro atoms. The molecule has 0 aromatic heterocycles. The van der Waals surface area contributed by atoms with E-state index >= 15 is 0 Å². The first kappa shape index (κ1) is 33.0. The maximum atomic E-state index is 14.1. The number of piperazine rings is 1. The monoisotopic (exact) mass is 615 g/mol. The standard InChI is InChI=1S/C37H53N5O3/c1-5-9-32(10-6-2)39-19-21-41(22-20-39)36(44)31(24-29-14-13-27(3)28(4)23-29)25-35(43)40-17-15-33(16-18-40)42-26-30-11-7-8-12-34(30)38-37(42)45/h7-8,11-14,23,31-33H,5-6,9-10,15-22,24-26H2,1-4H3,(H,38,45). The Bertz CT molecular complexity index is 1320. The number of nitrogens with one attached hydrogen (secondary N) is 1. The van der Waals surface area contributed by atoms with Crippen LogP contribution in [-0.4, -0.2) is 88.8 Å². The first-order valence-electron chi connectivity index (χ1n) is 17.3. The summed E-state index contributed by atoms with van der Waals surface area (Å²) in [5.41, 5.74) is 5.56. The predicted molar refractivity (Wildman–Crippen MR) is 180 cm³/mol. The fraction of sp³-hybridized carbons (Fsp3) is 0.595. The summed E-state index contributed by atoms with van der Waals surface area (Å²) in [5, 5.41) is 3.02. The van der Waals surface area contributed by atoms with Crippen LogP contribution in [0.3, 0.4) is 0 Å². The topological polar surface area (TPSA) is 76.2 Å². The molecule has 8 nitrogen and oxygen atoms in total. The molecule has 3 aliphatic heterocycles. The Hall–Kier alpha value is -3.39. The second kappa shape index (κ2) is 15.3. The Morgan fingerprint density at radius 2 is 1.56 bits per heavy atom. The Morgan fingerprint density at radius 3 is 2.22 bits per heavy atom. The van der Waals surface area contributed by atoms with Crippen molar-refractivity contribution in [2.75, 3.05) is 44.6 Å². The van der Waals surface area contributed by atoms with Crippen molar-refractivity contribution >= 4 is 23.5 Å². The first-order chi connectivity index (χ1) is 21.8. The van der Waals surface area contributed by atoms with Gasteiger partial charge in [-0.25, -0.2) is 4.79 Å². The smallest absolute Gasteiger partial charge is 0.322 e. The van der Waals surface area contributed by atoms with Gasteiger partial charge < -0.3 is 20.0 Å². The van der Waals surface area contributed by atoms with E-state index in [9.17, 15) is 14.4 Å². The molecule has 0 radical (unpaired) electrons. The van der Waals surface area contributed by atoms with Crippen LogP contribution in [0.25, 0.3) is 0 Å². The van der Waals surface area contributed by atoms with Crippen molar-refractivity contribution in [2.45, 2.75) is 97.7 Å². The van der Waals surface area contributed by atoms with Crippen molar-refractivity contribution in [2.24, 2.45) is 5.92 Å². The molecule has 3 heterocycles. The number of aryl methyl sites for hydroxylation is 2. The zero-order valence-electron chi connectivity index (χ0n) is 27.9. The molecule has 2 saturated heterocycles. The van der Waals surface area contributed by atoms with E-state index in [2.05, 4.69) is 62.2 Å². The molecule has 1 atom stereocenters. The molecule has 2 aromatic carbocycles. The lowest BCUT2D eigenvalue weighted by Crippen LogP contribution is -2.54. The van der Waals surface area contributed by atoms with Crippen LogP contribution in [0.15, 0.2) is 42.5 Å². The number of anilines is 1. The number of hydrogen-bond acceptors (Lipinski definition) is 4. The molecule has 0 aliphatic carbocycles. The van der Waals surface area contributed by atoms with Crippen molar-refractivity contribution < 1.29 is 14.4 Å². The molecule has 5 rings (SSSR count). The fourth-order valence-corrected chi connectivity index (χ4v) is 7.49. The molecule has 0 saturated carbocycles. The minimum Gasteiger partial charge on any atom is -0.343 e. The minimum absolute atomic E-state index is 0.0497. The average molecular weight is 616 g/mol. The SMILES string of the molecule is CCCC(CCC)N1CCN(C(=O)C(CC(=O)N2CCC(N3Cc4ccccc4NC3=O)CC2)Cc2ccc(C)c(C)c2)CC1. The number of carbonyl (C=O) groups is 3. The molecule has 2 aromatic rings. The molecule has 1 N–H and O–H groups in total. The second-order valence-electron chi connectivity index (χ2n) is 13.4. The molecule has 4 amide bonds. The Balaban J connectivity index is 1.21. The number of para-hydroxylation sites is 1. The van der Waals surface area contributed by atoms with Gasteiger partial charge in [0.15, 0.2) is 0 Å². The van der Waals surface area contributed by atoms with E-state index in [1.165, 1.54) is 36.8 Å². The number of benzene rings is 2. The van der Waals surface area contributed by atoms with Crippen LogP contribution in [0.4, 0.5) is 10.5 Å². The molecular formula is C37H53N5O3. The molecular weight excluding hydrogens is 562 g/mol. The van der Waals surface area contributed by atoms with Gasteiger partial charge >= 0.3 is 6.03 Å². The highest BCUT2D eigenvalue weighted by Crippen LogP contribution is 2.29. The summed E-state index contributed by atoms with van der Waals surface area (Å²) in [7, 11) is 0. The number of likely N-dealkylation sites (tertiary alicyclic amines) is 1. The van der Waals surface area contributed by atoms with E-state index in [0.717, 1.165) is 55.8 Å². The number of piperidine rings is 1. The summed E-state index contributed by atoms with van der Waals surface area (Å²) in [6.45, 7) is 13.8.